The summed E-state index contributed by atoms with van der Waals surface area (Å²) in [5.41, 5.74) is 7.95. The van der Waals surface area contributed by atoms with E-state index in [9.17, 15) is 18.0 Å². The first-order chi connectivity index (χ1) is 13.7. The number of nitrogen functional groups attached to an aromatic ring is 1. The van der Waals surface area contributed by atoms with Crippen LogP contribution in [0.3, 0.4) is 0 Å². The van der Waals surface area contributed by atoms with Gasteiger partial charge < -0.3 is 21.3 Å². The molecule has 5 nitrogen and oxygen atoms in total. The number of hydrogen-bond donors (Lipinski definition) is 3. The van der Waals surface area contributed by atoms with Gasteiger partial charge in [-0.3, -0.25) is 4.79 Å². The van der Waals surface area contributed by atoms with Crippen LogP contribution in [0.15, 0.2) is 12.1 Å². The van der Waals surface area contributed by atoms with Gasteiger partial charge in [-0.15, -0.1) is 0 Å². The number of nitrogens with one attached hydrogen (secondary N) is 2. The Morgan fingerprint density at radius 3 is 2.48 bits per heavy atom. The number of nitrogens with two attached hydrogens (primary N) is 1. The second kappa shape index (κ2) is 8.71. The third kappa shape index (κ3) is 5.08. The van der Waals surface area contributed by atoms with Gasteiger partial charge in [0.25, 0.3) is 5.91 Å². The number of amides is 1. The van der Waals surface area contributed by atoms with E-state index in [4.69, 9.17) is 5.73 Å². The van der Waals surface area contributed by atoms with Crippen LogP contribution in [0.4, 0.5) is 30.2 Å². The lowest BCUT2D eigenvalue weighted by Crippen LogP contribution is -2.43. The zero-order chi connectivity index (χ0) is 21.2. The number of piperidine rings is 1. The lowest BCUT2D eigenvalue weighted by atomic mass is 9.87. The third-order valence-electron chi connectivity index (χ3n) is 6.26. The average Bonchev–Trinajstić information content (AvgIpc) is 2.69. The van der Waals surface area contributed by atoms with Gasteiger partial charge in [0.1, 0.15) is 0 Å². The fourth-order valence-corrected chi connectivity index (χ4v) is 4.40. The van der Waals surface area contributed by atoms with Crippen LogP contribution >= 0.6 is 0 Å². The summed E-state index contributed by atoms with van der Waals surface area (Å²) < 4.78 is 39.9. The zero-order valence-corrected chi connectivity index (χ0v) is 17.1. The fourth-order valence-electron chi connectivity index (χ4n) is 4.40. The second-order valence-electron chi connectivity index (χ2n) is 8.46. The van der Waals surface area contributed by atoms with Crippen molar-refractivity contribution in [3.05, 3.63) is 17.7 Å². The molecule has 4 N–H and O–H groups in total. The Hall–Kier alpha value is -2.12. The van der Waals surface area contributed by atoms with Crippen molar-refractivity contribution in [2.24, 2.45) is 11.8 Å². The van der Waals surface area contributed by atoms with E-state index in [2.05, 4.69) is 17.6 Å². The molecule has 1 saturated heterocycles. The molecule has 0 bridgehead atoms. The van der Waals surface area contributed by atoms with Crippen LogP contribution in [0.25, 0.3) is 0 Å². The molecule has 3 rings (SSSR count). The summed E-state index contributed by atoms with van der Waals surface area (Å²) in [7, 11) is 1.70. The number of halogens is 3. The summed E-state index contributed by atoms with van der Waals surface area (Å²) in [6.45, 7) is 2.55. The quantitative estimate of drug-likeness (QED) is 0.641. The lowest BCUT2D eigenvalue weighted by Gasteiger charge is -2.36. The van der Waals surface area contributed by atoms with Gasteiger partial charge in [-0.1, -0.05) is 6.92 Å². The Kier molecular flexibility index (Phi) is 6.49. The van der Waals surface area contributed by atoms with E-state index < -0.39 is 12.1 Å². The number of anilines is 3. The molecule has 0 radical (unpaired) electrons. The summed E-state index contributed by atoms with van der Waals surface area (Å²) in [5, 5.41) is 6.04. The van der Waals surface area contributed by atoms with Crippen LogP contribution in [0.5, 0.6) is 0 Å². The second-order valence-corrected chi connectivity index (χ2v) is 8.46. The molecule has 0 spiro atoms. The smallest absolute Gasteiger partial charge is 0.393 e. The Labute approximate surface area is 170 Å². The van der Waals surface area contributed by atoms with E-state index in [0.29, 0.717) is 41.5 Å². The highest BCUT2D eigenvalue weighted by Gasteiger charge is 2.42. The molecule has 1 aromatic carbocycles. The lowest BCUT2D eigenvalue weighted by molar-refractivity contribution is -0.175. The molecule has 1 amide bonds. The molecule has 1 aliphatic heterocycles. The number of rotatable bonds is 4. The topological polar surface area (TPSA) is 70.4 Å². The summed E-state index contributed by atoms with van der Waals surface area (Å²) in [4.78, 5) is 14.7. The predicted octanol–water partition coefficient (Wildman–Crippen LogP) is 4.40. The molecule has 1 saturated carbocycles. The molecule has 1 unspecified atom stereocenters. The Bertz CT molecular complexity index is 729. The van der Waals surface area contributed by atoms with E-state index in [-0.39, 0.29) is 24.9 Å². The van der Waals surface area contributed by atoms with Crippen molar-refractivity contribution < 1.29 is 18.0 Å². The Morgan fingerprint density at radius 1 is 1.17 bits per heavy atom. The first kappa shape index (κ1) is 21.6. The van der Waals surface area contributed by atoms with Crippen molar-refractivity contribution in [1.29, 1.82) is 0 Å². The van der Waals surface area contributed by atoms with Crippen LogP contribution in [-0.2, 0) is 0 Å². The van der Waals surface area contributed by atoms with Gasteiger partial charge in [0.05, 0.1) is 28.5 Å². The molecule has 1 aromatic rings. The van der Waals surface area contributed by atoms with Crippen molar-refractivity contribution in [2.45, 2.75) is 57.7 Å². The maximum Gasteiger partial charge on any atom is 0.393 e. The monoisotopic (exact) mass is 412 g/mol. The largest absolute Gasteiger partial charge is 0.397 e. The van der Waals surface area contributed by atoms with Crippen LogP contribution in [-0.4, -0.2) is 38.3 Å². The Morgan fingerprint density at radius 2 is 1.86 bits per heavy atom. The van der Waals surface area contributed by atoms with Crippen molar-refractivity contribution in [2.75, 3.05) is 36.1 Å². The van der Waals surface area contributed by atoms with E-state index in [1.165, 1.54) is 0 Å². The van der Waals surface area contributed by atoms with E-state index >= 15 is 0 Å². The highest BCUT2D eigenvalue weighted by Crippen LogP contribution is 2.38. The molecule has 2 fully saturated rings. The molecular weight excluding hydrogens is 381 g/mol. The standard InChI is InChI=1S/C21H31F3N4O/c1-13-5-7-15(8-6-13)27-20(29)16-10-17(25)18(26-2)11-19(16)28-9-3-4-14(12-28)21(22,23)24/h10-11,13-15,26H,3-9,12,25H2,1-2H3,(H,27,29)/t13-,14?,15-. The molecule has 1 aliphatic carbocycles. The minimum absolute atomic E-state index is 0.0982. The highest BCUT2D eigenvalue weighted by molar-refractivity contribution is 6.02. The fraction of sp³-hybridized carbons (Fsp3) is 0.667. The van der Waals surface area contributed by atoms with Gasteiger partial charge in [0.15, 0.2) is 0 Å². The molecule has 29 heavy (non-hydrogen) atoms. The maximum atomic E-state index is 13.3. The number of carbonyl (C=O) groups is 1. The predicted molar refractivity (Wildman–Crippen MR) is 110 cm³/mol. The molecule has 0 aromatic heterocycles. The van der Waals surface area contributed by atoms with Crippen LogP contribution in [0, 0.1) is 11.8 Å². The van der Waals surface area contributed by atoms with Gasteiger partial charge in [-0.25, -0.2) is 0 Å². The number of hydrogen-bond acceptors (Lipinski definition) is 4. The maximum absolute atomic E-state index is 13.3. The van der Waals surface area contributed by atoms with Gasteiger partial charge in [-0.2, -0.15) is 13.2 Å². The SMILES string of the molecule is CNc1cc(N2CCCC(C(F)(F)F)C2)c(C(=O)N[C@H]2CC[C@H](C)CC2)cc1N. The number of nitrogens with zero attached hydrogens (tertiary/aromatic N) is 1. The molecule has 2 aliphatic rings. The van der Waals surface area contributed by atoms with E-state index in [1.54, 1.807) is 24.1 Å². The zero-order valence-electron chi connectivity index (χ0n) is 17.1. The summed E-state index contributed by atoms with van der Waals surface area (Å²) in [5.74, 6) is -0.984. The number of alkyl halides is 3. The third-order valence-corrected chi connectivity index (χ3v) is 6.26. The number of benzene rings is 1. The van der Waals surface area contributed by atoms with Gasteiger partial charge in [0.2, 0.25) is 0 Å². The van der Waals surface area contributed by atoms with Crippen molar-refractivity contribution in [1.82, 2.24) is 5.32 Å². The molecule has 1 heterocycles. The van der Waals surface area contributed by atoms with Gasteiger partial charge >= 0.3 is 6.18 Å². The first-order valence-electron chi connectivity index (χ1n) is 10.4. The highest BCUT2D eigenvalue weighted by atomic mass is 19.4. The minimum Gasteiger partial charge on any atom is -0.397 e. The minimum atomic E-state index is -4.24. The molecule has 162 valence electrons. The van der Waals surface area contributed by atoms with Gasteiger partial charge in [0, 0.05) is 26.2 Å². The van der Waals surface area contributed by atoms with Crippen LogP contribution < -0.4 is 21.3 Å². The van der Waals surface area contributed by atoms with Crippen LogP contribution in [0.2, 0.25) is 0 Å². The van der Waals surface area contributed by atoms with Crippen molar-refractivity contribution >= 4 is 23.0 Å². The summed E-state index contributed by atoms with van der Waals surface area (Å²) >= 11 is 0. The first-order valence-corrected chi connectivity index (χ1v) is 10.4. The Balaban J connectivity index is 1.86. The van der Waals surface area contributed by atoms with Crippen molar-refractivity contribution in [3.8, 4) is 0 Å². The molecule has 1 atom stereocenters. The van der Waals surface area contributed by atoms with Gasteiger partial charge in [-0.05, 0) is 56.6 Å². The summed E-state index contributed by atoms with van der Waals surface area (Å²) in [6, 6.07) is 3.38. The van der Waals surface area contributed by atoms with E-state index in [0.717, 1.165) is 25.7 Å². The van der Waals surface area contributed by atoms with E-state index in [1.807, 2.05) is 0 Å². The summed E-state index contributed by atoms with van der Waals surface area (Å²) in [6.07, 6.45) is 0.300. The number of carbonyl (C=O) groups excluding carboxylic acids is 1. The normalized spacial score (nSPS) is 25.6. The molecular formula is C21H31F3N4O. The molecule has 8 heteroatoms. The van der Waals surface area contributed by atoms with Crippen molar-refractivity contribution in [3.63, 3.8) is 0 Å². The van der Waals surface area contributed by atoms with Crippen LogP contribution in [0.1, 0.15) is 55.8 Å². The average molecular weight is 413 g/mol.